The lowest BCUT2D eigenvalue weighted by atomic mass is 10.1. The minimum absolute atomic E-state index is 0.0846. The zero-order valence-electron chi connectivity index (χ0n) is 14.7. The zero-order chi connectivity index (χ0) is 18.2. The Balaban J connectivity index is 1.45. The van der Waals surface area contributed by atoms with Crippen molar-refractivity contribution in [2.75, 3.05) is 19.7 Å². The number of aromatic amines is 1. The van der Waals surface area contributed by atoms with Gasteiger partial charge in [-0.3, -0.25) is 9.89 Å². The number of benzene rings is 2. The molecule has 0 aliphatic carbocycles. The van der Waals surface area contributed by atoms with Crippen molar-refractivity contribution in [3.05, 3.63) is 65.4 Å². The highest BCUT2D eigenvalue weighted by Gasteiger charge is 2.05. The smallest absolute Gasteiger partial charge is 0.251 e. The first-order chi connectivity index (χ1) is 12.8. The summed E-state index contributed by atoms with van der Waals surface area (Å²) in [5.74, 6) is -0.101. The van der Waals surface area contributed by atoms with Crippen LogP contribution in [-0.4, -0.2) is 40.9 Å². The van der Waals surface area contributed by atoms with Gasteiger partial charge in [-0.15, -0.1) is 0 Å². The fourth-order valence-corrected chi connectivity index (χ4v) is 2.85. The third kappa shape index (κ3) is 4.68. The minimum Gasteiger partial charge on any atom is -0.396 e. The molecule has 26 heavy (non-hydrogen) atoms. The predicted molar refractivity (Wildman–Crippen MR) is 102 cm³/mol. The maximum absolute atomic E-state index is 11.9. The first-order valence-electron chi connectivity index (χ1n) is 8.87. The highest BCUT2D eigenvalue weighted by Crippen LogP contribution is 2.15. The molecular weight excluding hydrogens is 328 g/mol. The summed E-state index contributed by atoms with van der Waals surface area (Å²) in [5, 5.41) is 23.2. The molecular formula is C20H24N4O2. The van der Waals surface area contributed by atoms with Crippen molar-refractivity contribution < 1.29 is 9.90 Å². The van der Waals surface area contributed by atoms with Crippen LogP contribution in [0.2, 0.25) is 0 Å². The van der Waals surface area contributed by atoms with Gasteiger partial charge in [-0.1, -0.05) is 24.3 Å². The highest BCUT2D eigenvalue weighted by atomic mass is 16.3. The number of carbonyl (C=O) groups is 1. The standard InChI is InChI=1S/C20H24N4O2/c25-12-2-10-22-20(26)16-7-5-15(6-8-16)9-11-21-13-17-3-1-4-19-18(17)14-23-24-19/h1,3-8,14,21,25H,2,9-13H2,(H,22,26)(H,23,24). The Labute approximate surface area is 152 Å². The van der Waals surface area contributed by atoms with Crippen molar-refractivity contribution in [1.29, 1.82) is 0 Å². The van der Waals surface area contributed by atoms with Gasteiger partial charge in [0.1, 0.15) is 0 Å². The second-order valence-electron chi connectivity index (χ2n) is 6.21. The molecule has 136 valence electrons. The van der Waals surface area contributed by atoms with E-state index in [-0.39, 0.29) is 12.5 Å². The summed E-state index contributed by atoms with van der Waals surface area (Å²) in [6.07, 6.45) is 3.33. The number of hydrogen-bond donors (Lipinski definition) is 4. The number of carbonyl (C=O) groups excluding carboxylic acids is 1. The summed E-state index contributed by atoms with van der Waals surface area (Å²) < 4.78 is 0. The second-order valence-corrected chi connectivity index (χ2v) is 6.21. The van der Waals surface area contributed by atoms with Gasteiger partial charge in [0.15, 0.2) is 0 Å². The third-order valence-corrected chi connectivity index (χ3v) is 4.32. The highest BCUT2D eigenvalue weighted by molar-refractivity contribution is 5.94. The molecule has 0 saturated heterocycles. The first-order valence-corrected chi connectivity index (χ1v) is 8.87. The molecule has 1 amide bonds. The van der Waals surface area contributed by atoms with Crippen molar-refractivity contribution in [1.82, 2.24) is 20.8 Å². The Hall–Kier alpha value is -2.70. The molecule has 0 saturated carbocycles. The molecule has 4 N–H and O–H groups in total. The van der Waals surface area contributed by atoms with Crippen LogP contribution in [0.3, 0.4) is 0 Å². The molecule has 0 unspecified atom stereocenters. The summed E-state index contributed by atoms with van der Waals surface area (Å²) in [4.78, 5) is 11.9. The van der Waals surface area contributed by atoms with E-state index < -0.39 is 0 Å². The van der Waals surface area contributed by atoms with Gasteiger partial charge >= 0.3 is 0 Å². The van der Waals surface area contributed by atoms with Crippen molar-refractivity contribution in [3.63, 3.8) is 0 Å². The van der Waals surface area contributed by atoms with Crippen LogP contribution in [0.25, 0.3) is 10.9 Å². The van der Waals surface area contributed by atoms with Crippen LogP contribution in [0.4, 0.5) is 0 Å². The fourth-order valence-electron chi connectivity index (χ4n) is 2.85. The molecule has 2 aromatic carbocycles. The molecule has 0 bridgehead atoms. The van der Waals surface area contributed by atoms with Gasteiger partial charge < -0.3 is 15.7 Å². The number of nitrogens with one attached hydrogen (secondary N) is 3. The lowest BCUT2D eigenvalue weighted by molar-refractivity contribution is 0.0951. The van der Waals surface area contributed by atoms with Gasteiger partial charge in [-0.2, -0.15) is 5.10 Å². The molecule has 0 spiro atoms. The molecule has 1 heterocycles. The quantitative estimate of drug-likeness (QED) is 0.444. The summed E-state index contributed by atoms with van der Waals surface area (Å²) in [5.41, 5.74) is 4.11. The van der Waals surface area contributed by atoms with Crippen LogP contribution in [-0.2, 0) is 13.0 Å². The number of amides is 1. The molecule has 3 rings (SSSR count). The summed E-state index contributed by atoms with van der Waals surface area (Å²) in [7, 11) is 0. The largest absolute Gasteiger partial charge is 0.396 e. The normalized spacial score (nSPS) is 11.0. The monoisotopic (exact) mass is 352 g/mol. The Morgan fingerprint density at radius 3 is 2.77 bits per heavy atom. The molecule has 0 fully saturated rings. The number of aliphatic hydroxyl groups is 1. The van der Waals surface area contributed by atoms with Gasteiger partial charge in [0.05, 0.1) is 11.7 Å². The maximum atomic E-state index is 11.9. The minimum atomic E-state index is -0.101. The predicted octanol–water partition coefficient (Wildman–Crippen LogP) is 2.01. The van der Waals surface area contributed by atoms with Crippen LogP contribution in [0.1, 0.15) is 27.9 Å². The molecule has 0 atom stereocenters. The van der Waals surface area contributed by atoms with Crippen molar-refractivity contribution in [3.8, 4) is 0 Å². The Kier molecular flexibility index (Phi) is 6.35. The van der Waals surface area contributed by atoms with Gasteiger partial charge in [0, 0.05) is 30.6 Å². The number of H-pyrrole nitrogens is 1. The van der Waals surface area contributed by atoms with E-state index in [1.165, 1.54) is 11.1 Å². The fraction of sp³-hybridized carbons (Fsp3) is 0.300. The molecule has 6 nitrogen and oxygen atoms in total. The zero-order valence-corrected chi connectivity index (χ0v) is 14.7. The SMILES string of the molecule is O=C(NCCCO)c1ccc(CCNCc2cccc3[nH]ncc23)cc1. The summed E-state index contributed by atoms with van der Waals surface area (Å²) >= 11 is 0. The van der Waals surface area contributed by atoms with Crippen LogP contribution < -0.4 is 10.6 Å². The number of nitrogens with zero attached hydrogens (tertiary/aromatic N) is 1. The average molecular weight is 352 g/mol. The van der Waals surface area contributed by atoms with E-state index in [4.69, 9.17) is 5.11 Å². The van der Waals surface area contributed by atoms with Crippen molar-refractivity contribution in [2.24, 2.45) is 0 Å². The van der Waals surface area contributed by atoms with E-state index in [1.807, 2.05) is 42.6 Å². The number of hydrogen-bond acceptors (Lipinski definition) is 4. The number of fused-ring (bicyclic) bond motifs is 1. The summed E-state index contributed by atoms with van der Waals surface area (Å²) in [6, 6.07) is 13.8. The van der Waals surface area contributed by atoms with E-state index in [0.29, 0.717) is 18.5 Å². The van der Waals surface area contributed by atoms with Crippen molar-refractivity contribution >= 4 is 16.8 Å². The van der Waals surface area contributed by atoms with E-state index in [0.717, 1.165) is 30.4 Å². The van der Waals surface area contributed by atoms with Crippen molar-refractivity contribution in [2.45, 2.75) is 19.4 Å². The molecule has 3 aromatic rings. The molecule has 1 aromatic heterocycles. The lowest BCUT2D eigenvalue weighted by Crippen LogP contribution is -2.25. The Morgan fingerprint density at radius 2 is 1.96 bits per heavy atom. The maximum Gasteiger partial charge on any atom is 0.251 e. The Morgan fingerprint density at radius 1 is 1.12 bits per heavy atom. The van der Waals surface area contributed by atoms with Gasteiger partial charge in [-0.05, 0) is 48.7 Å². The Bertz CT molecular complexity index is 842. The third-order valence-electron chi connectivity index (χ3n) is 4.32. The molecule has 0 aliphatic heterocycles. The van der Waals surface area contributed by atoms with Crippen LogP contribution in [0, 0.1) is 0 Å². The van der Waals surface area contributed by atoms with Crippen LogP contribution >= 0.6 is 0 Å². The summed E-state index contributed by atoms with van der Waals surface area (Å²) in [6.45, 7) is 2.23. The molecule has 0 radical (unpaired) electrons. The van der Waals surface area contributed by atoms with Crippen LogP contribution in [0.5, 0.6) is 0 Å². The van der Waals surface area contributed by atoms with Gasteiger partial charge in [0.25, 0.3) is 5.91 Å². The average Bonchev–Trinajstić information content (AvgIpc) is 3.15. The first kappa shape index (κ1) is 18.1. The number of aromatic nitrogens is 2. The molecule has 0 aliphatic rings. The number of rotatable bonds is 9. The van der Waals surface area contributed by atoms with E-state index in [2.05, 4.69) is 26.9 Å². The lowest BCUT2D eigenvalue weighted by Gasteiger charge is -2.08. The topological polar surface area (TPSA) is 90.0 Å². The van der Waals surface area contributed by atoms with E-state index in [9.17, 15) is 4.79 Å². The van der Waals surface area contributed by atoms with E-state index in [1.54, 1.807) is 0 Å². The molecule has 6 heteroatoms. The van der Waals surface area contributed by atoms with Crippen LogP contribution in [0.15, 0.2) is 48.7 Å². The van der Waals surface area contributed by atoms with E-state index >= 15 is 0 Å². The van der Waals surface area contributed by atoms with Gasteiger partial charge in [0.2, 0.25) is 0 Å². The van der Waals surface area contributed by atoms with Gasteiger partial charge in [-0.25, -0.2) is 0 Å². The second kappa shape index (κ2) is 9.12. The number of aliphatic hydroxyl groups excluding tert-OH is 1.